The Hall–Kier alpha value is -3.28. The second-order valence-electron chi connectivity index (χ2n) is 7.43. The fourth-order valence-electron chi connectivity index (χ4n) is 3.01. The number of carbonyl (C=O) groups excluding carboxylic acids is 2. The molecule has 5 nitrogen and oxygen atoms in total. The molecule has 0 heterocycles. The number of amides is 2. The number of allylic oxidation sites excluding steroid dienone is 1. The van der Waals surface area contributed by atoms with Gasteiger partial charge in [-0.15, -0.1) is 0 Å². The average Bonchev–Trinajstić information content (AvgIpc) is 2.73. The second kappa shape index (κ2) is 11.0. The summed E-state index contributed by atoms with van der Waals surface area (Å²) in [4.78, 5) is 23.3. The lowest BCUT2D eigenvalue weighted by Gasteiger charge is -2.18. The molecule has 0 aliphatic heterocycles. The van der Waals surface area contributed by atoms with E-state index in [4.69, 9.17) is 17.3 Å². The van der Waals surface area contributed by atoms with Gasteiger partial charge < -0.3 is 16.4 Å². The van der Waals surface area contributed by atoms with Crippen LogP contribution in [0, 0.1) is 12.7 Å². The lowest BCUT2D eigenvalue weighted by molar-refractivity contribution is -0.139. The molecule has 2 amide bonds. The second-order valence-corrected chi connectivity index (χ2v) is 7.83. The topological polar surface area (TPSA) is 84.2 Å². The molecule has 0 aromatic heterocycles. The zero-order valence-electron chi connectivity index (χ0n) is 18.0. The predicted molar refractivity (Wildman–Crippen MR) is 116 cm³/mol. The highest BCUT2D eigenvalue weighted by Gasteiger charge is 2.39. The number of nitrogens with two attached hydrogens (primary N) is 1. The van der Waals surface area contributed by atoms with E-state index in [1.54, 1.807) is 5.32 Å². The van der Waals surface area contributed by atoms with Gasteiger partial charge in [0.25, 0.3) is 5.91 Å². The molecular weight excluding hydrogens is 507 g/mol. The van der Waals surface area contributed by atoms with Gasteiger partial charge in [-0.25, -0.2) is 4.39 Å². The van der Waals surface area contributed by atoms with Crippen molar-refractivity contribution in [3.8, 4) is 0 Å². The van der Waals surface area contributed by atoms with Gasteiger partial charge >= 0.3 is 12.4 Å². The Morgan fingerprint density at radius 2 is 1.77 bits per heavy atom. The molecule has 0 fully saturated rings. The number of alkyl halides is 6. The molecule has 0 spiro atoms. The number of halogens is 8. The largest absolute Gasteiger partial charge is 0.405 e. The molecule has 2 aromatic carbocycles. The monoisotopic (exact) mass is 525 g/mol. The number of nitrogens with one attached hydrogen (secondary N) is 2. The van der Waals surface area contributed by atoms with Crippen LogP contribution in [0.2, 0.25) is 5.02 Å². The third-order valence-corrected chi connectivity index (χ3v) is 4.93. The first-order valence-electron chi connectivity index (χ1n) is 9.80. The summed E-state index contributed by atoms with van der Waals surface area (Å²) >= 11 is 5.69. The van der Waals surface area contributed by atoms with E-state index in [0.717, 1.165) is 24.3 Å². The van der Waals surface area contributed by atoms with Crippen LogP contribution < -0.4 is 16.4 Å². The van der Waals surface area contributed by atoms with Crippen LogP contribution in [0.1, 0.15) is 33.0 Å². The Morgan fingerprint density at radius 3 is 2.31 bits per heavy atom. The molecule has 0 saturated carbocycles. The van der Waals surface area contributed by atoms with Crippen LogP contribution in [0.25, 0.3) is 6.08 Å². The van der Waals surface area contributed by atoms with Crippen molar-refractivity contribution < 1.29 is 40.3 Å². The van der Waals surface area contributed by atoms with E-state index < -0.39 is 54.0 Å². The quantitative estimate of drug-likeness (QED) is 0.407. The van der Waals surface area contributed by atoms with E-state index in [9.17, 15) is 40.3 Å². The summed E-state index contributed by atoms with van der Waals surface area (Å²) in [6.45, 7) is -0.958. The summed E-state index contributed by atoms with van der Waals surface area (Å²) in [7, 11) is 0. The van der Waals surface area contributed by atoms with Gasteiger partial charge in [-0.05, 0) is 41.8 Å². The molecule has 4 N–H and O–H groups in total. The van der Waals surface area contributed by atoms with Gasteiger partial charge in [0.15, 0.2) is 0 Å². The number of carbonyl (C=O) groups is 2. The number of rotatable bonds is 8. The van der Waals surface area contributed by atoms with Crippen molar-refractivity contribution in [2.24, 2.45) is 5.73 Å². The van der Waals surface area contributed by atoms with E-state index >= 15 is 0 Å². The van der Waals surface area contributed by atoms with Crippen LogP contribution in [0.5, 0.6) is 0 Å². The first-order chi connectivity index (χ1) is 16.1. The first kappa shape index (κ1) is 28.0. The maximum absolute atomic E-state index is 13.7. The molecule has 0 radical (unpaired) electrons. The first-order valence-corrected chi connectivity index (χ1v) is 10.2. The number of hydrogen-bond donors (Lipinski definition) is 3. The molecule has 0 aliphatic carbocycles. The van der Waals surface area contributed by atoms with Crippen molar-refractivity contribution in [3.63, 3.8) is 0 Å². The van der Waals surface area contributed by atoms with Gasteiger partial charge in [-0.2, -0.15) is 26.3 Å². The predicted octanol–water partition coefficient (Wildman–Crippen LogP) is 5.34. The van der Waals surface area contributed by atoms with Gasteiger partial charge in [-0.3, -0.25) is 9.59 Å². The summed E-state index contributed by atoms with van der Waals surface area (Å²) in [5, 5.41) is 3.60. The SMILES string of the molecule is Cc1cc(C(/C=C/c2ccc(C(N)=O)c(NCC(=O)NCC(F)(F)F)c2)C(F)(F)F)cc(Cl)c1F. The number of anilines is 1. The highest BCUT2D eigenvalue weighted by atomic mass is 35.5. The molecule has 1 unspecified atom stereocenters. The van der Waals surface area contributed by atoms with E-state index in [-0.39, 0.29) is 27.9 Å². The van der Waals surface area contributed by atoms with E-state index in [0.29, 0.717) is 0 Å². The molecule has 2 rings (SSSR count). The highest BCUT2D eigenvalue weighted by molar-refractivity contribution is 6.30. The highest BCUT2D eigenvalue weighted by Crippen LogP contribution is 2.38. The molecule has 0 saturated heterocycles. The van der Waals surface area contributed by atoms with Crippen molar-refractivity contribution in [3.05, 3.63) is 69.5 Å². The molecule has 0 bridgehead atoms. The minimum absolute atomic E-state index is 0.0729. The third-order valence-electron chi connectivity index (χ3n) is 4.66. The number of aryl methyl sites for hydroxylation is 1. The van der Waals surface area contributed by atoms with Crippen molar-refractivity contribution in [2.75, 3.05) is 18.4 Å². The normalized spacial score (nSPS) is 13.1. The Morgan fingerprint density at radius 1 is 1.11 bits per heavy atom. The van der Waals surface area contributed by atoms with Gasteiger partial charge in [-0.1, -0.05) is 35.9 Å². The summed E-state index contributed by atoms with van der Waals surface area (Å²) in [5.74, 6) is -4.97. The van der Waals surface area contributed by atoms with E-state index in [2.05, 4.69) is 5.32 Å². The lowest BCUT2D eigenvalue weighted by atomic mass is 9.95. The Kier molecular flexibility index (Phi) is 8.77. The van der Waals surface area contributed by atoms with E-state index in [1.807, 2.05) is 0 Å². The maximum Gasteiger partial charge on any atom is 0.405 e. The fourth-order valence-corrected chi connectivity index (χ4v) is 3.29. The summed E-state index contributed by atoms with van der Waals surface area (Å²) in [6, 6.07) is 5.55. The van der Waals surface area contributed by atoms with Crippen molar-refractivity contribution in [2.45, 2.75) is 25.2 Å². The van der Waals surface area contributed by atoms with Gasteiger partial charge in [0.05, 0.1) is 23.0 Å². The van der Waals surface area contributed by atoms with Crippen LogP contribution in [0.15, 0.2) is 36.4 Å². The Balaban J connectivity index is 2.31. The van der Waals surface area contributed by atoms with Gasteiger partial charge in [0.1, 0.15) is 12.4 Å². The van der Waals surface area contributed by atoms with Crippen LogP contribution in [0.4, 0.5) is 36.4 Å². The number of primary amides is 1. The van der Waals surface area contributed by atoms with E-state index in [1.165, 1.54) is 25.1 Å². The molecular formula is C22H19ClF7N3O2. The van der Waals surface area contributed by atoms with Gasteiger partial charge in [0, 0.05) is 5.69 Å². The van der Waals surface area contributed by atoms with Crippen LogP contribution in [-0.4, -0.2) is 37.3 Å². The number of hydrogen-bond acceptors (Lipinski definition) is 3. The van der Waals surface area contributed by atoms with Crippen molar-refractivity contribution in [1.29, 1.82) is 0 Å². The third kappa shape index (κ3) is 8.16. The maximum atomic E-state index is 13.7. The zero-order valence-corrected chi connectivity index (χ0v) is 18.7. The fraction of sp³-hybridized carbons (Fsp3) is 0.273. The lowest BCUT2D eigenvalue weighted by Crippen LogP contribution is -2.37. The van der Waals surface area contributed by atoms with Crippen molar-refractivity contribution >= 4 is 35.2 Å². The molecule has 190 valence electrons. The molecule has 2 aromatic rings. The summed E-state index contributed by atoms with van der Waals surface area (Å²) in [5.41, 5.74) is 4.80. The molecule has 35 heavy (non-hydrogen) atoms. The Labute approximate surface area is 200 Å². The van der Waals surface area contributed by atoms with Crippen LogP contribution in [-0.2, 0) is 4.79 Å². The Bertz CT molecular complexity index is 1110. The van der Waals surface area contributed by atoms with Crippen molar-refractivity contribution in [1.82, 2.24) is 5.32 Å². The smallest absolute Gasteiger partial charge is 0.375 e. The molecule has 13 heteroatoms. The summed E-state index contributed by atoms with van der Waals surface area (Å²) < 4.78 is 91.5. The van der Waals surface area contributed by atoms with Gasteiger partial charge in [0.2, 0.25) is 5.91 Å². The van der Waals surface area contributed by atoms with Crippen LogP contribution >= 0.6 is 11.6 Å². The minimum atomic E-state index is -4.76. The molecule has 0 aliphatic rings. The zero-order chi connectivity index (χ0) is 26.6. The van der Waals surface area contributed by atoms with Crippen LogP contribution in [0.3, 0.4) is 0 Å². The number of benzene rings is 2. The summed E-state index contributed by atoms with van der Waals surface area (Å²) in [6.07, 6.45) is -7.51. The standard InChI is InChI=1S/C22H19ClF7N3O2/c1-11-6-13(8-16(23)19(11)24)15(22(28,29)30)5-3-12-2-4-14(20(31)35)17(7-12)32-9-18(34)33-10-21(25,26)27/h2-8,15,32H,9-10H2,1H3,(H2,31,35)(H,33,34)/b5-3+. The molecule has 1 atom stereocenters. The average molecular weight is 526 g/mol. The minimum Gasteiger partial charge on any atom is -0.375 e.